The van der Waals surface area contributed by atoms with Crippen LogP contribution in [0, 0.1) is 26.6 Å². The lowest BCUT2D eigenvalue weighted by Crippen LogP contribution is -2.01. The smallest absolute Gasteiger partial charge is 0.248 e. The summed E-state index contributed by atoms with van der Waals surface area (Å²) >= 11 is 0. The molecule has 0 spiro atoms. The molecule has 0 atom stereocenters. The van der Waals surface area contributed by atoms with Crippen LogP contribution in [-0.4, -0.2) is 29.9 Å². The van der Waals surface area contributed by atoms with Crippen LogP contribution in [0.25, 0.3) is 22.6 Å². The first-order valence-electron chi connectivity index (χ1n) is 8.42. The molecule has 0 saturated carbocycles. The average molecular weight is 364 g/mol. The molecule has 0 aliphatic rings. The topological polar surface area (TPSA) is 82.5 Å². The van der Waals surface area contributed by atoms with E-state index in [4.69, 9.17) is 4.52 Å². The Balaban J connectivity index is 1.71. The molecule has 0 amide bonds. The van der Waals surface area contributed by atoms with Crippen molar-refractivity contribution in [3.8, 4) is 22.6 Å². The Hall–Kier alpha value is -3.42. The Labute approximate surface area is 154 Å². The molecule has 0 bridgehead atoms. The Bertz CT molecular complexity index is 1120. The minimum absolute atomic E-state index is 0.264. The maximum atomic E-state index is 14.7. The number of halogens is 1. The fourth-order valence-corrected chi connectivity index (χ4v) is 2.83. The van der Waals surface area contributed by atoms with Gasteiger partial charge in [-0.2, -0.15) is 10.1 Å². The molecule has 4 heterocycles. The second kappa shape index (κ2) is 6.71. The van der Waals surface area contributed by atoms with Crippen LogP contribution in [0.1, 0.15) is 22.8 Å². The highest BCUT2D eigenvalue weighted by Crippen LogP contribution is 2.29. The predicted molar refractivity (Wildman–Crippen MR) is 96.3 cm³/mol. The van der Waals surface area contributed by atoms with Crippen LogP contribution in [0.5, 0.6) is 0 Å². The van der Waals surface area contributed by atoms with Crippen LogP contribution in [-0.2, 0) is 6.54 Å². The van der Waals surface area contributed by atoms with Gasteiger partial charge in [-0.15, -0.1) is 0 Å². The third kappa shape index (κ3) is 3.33. The lowest BCUT2D eigenvalue weighted by atomic mass is 10.0. The number of hydrogen-bond acceptors (Lipinski definition) is 6. The number of hydrogen-bond donors (Lipinski definition) is 0. The molecule has 0 N–H and O–H groups in total. The first-order valence-corrected chi connectivity index (χ1v) is 8.42. The fraction of sp³-hybridized carbons (Fsp3) is 0.211. The van der Waals surface area contributed by atoms with Crippen molar-refractivity contribution >= 4 is 0 Å². The van der Waals surface area contributed by atoms with Gasteiger partial charge in [-0.25, -0.2) is 9.37 Å². The minimum Gasteiger partial charge on any atom is -0.337 e. The molecule has 0 aliphatic carbocycles. The first kappa shape index (κ1) is 17.0. The second-order valence-electron chi connectivity index (χ2n) is 6.31. The molecule has 0 saturated heterocycles. The molecule has 0 unspecified atom stereocenters. The maximum absolute atomic E-state index is 14.7. The lowest BCUT2D eigenvalue weighted by molar-refractivity contribution is 0.366. The zero-order valence-corrected chi connectivity index (χ0v) is 15.1. The number of pyridine rings is 2. The van der Waals surface area contributed by atoms with E-state index in [2.05, 4.69) is 25.2 Å². The van der Waals surface area contributed by atoms with Crippen LogP contribution < -0.4 is 0 Å². The summed E-state index contributed by atoms with van der Waals surface area (Å²) in [6, 6.07) is 5.35. The summed E-state index contributed by atoms with van der Waals surface area (Å²) < 4.78 is 21.7. The summed E-state index contributed by atoms with van der Waals surface area (Å²) in [5, 5.41) is 8.28. The monoisotopic (exact) mass is 364 g/mol. The van der Waals surface area contributed by atoms with Crippen LogP contribution >= 0.6 is 0 Å². The van der Waals surface area contributed by atoms with E-state index >= 15 is 0 Å². The van der Waals surface area contributed by atoms with Gasteiger partial charge < -0.3 is 4.52 Å². The van der Waals surface area contributed by atoms with Gasteiger partial charge in [0.25, 0.3) is 0 Å². The van der Waals surface area contributed by atoms with Crippen molar-refractivity contribution in [1.82, 2.24) is 29.9 Å². The van der Waals surface area contributed by atoms with E-state index in [1.54, 1.807) is 30.1 Å². The molecule has 0 aliphatic heterocycles. The summed E-state index contributed by atoms with van der Waals surface area (Å²) in [5.41, 5.74) is 3.65. The third-order valence-corrected chi connectivity index (χ3v) is 4.22. The maximum Gasteiger partial charge on any atom is 0.248 e. The summed E-state index contributed by atoms with van der Waals surface area (Å²) in [6.07, 6.45) is 5.15. The molecule has 4 rings (SSSR count). The number of aryl methyl sites for hydroxylation is 3. The highest BCUT2D eigenvalue weighted by atomic mass is 19.1. The minimum atomic E-state index is -0.384. The average Bonchev–Trinajstić information content (AvgIpc) is 3.27. The lowest BCUT2D eigenvalue weighted by Gasteiger charge is -2.09. The van der Waals surface area contributed by atoms with Crippen molar-refractivity contribution in [3.63, 3.8) is 0 Å². The SMILES string of the molecule is Cc1ccn(Cc2nc(-c3cc(-c4cnccc4C)c(F)c(C)n3)no2)n1. The zero-order valence-electron chi connectivity index (χ0n) is 15.1. The molecule has 7 nitrogen and oxygen atoms in total. The van der Waals surface area contributed by atoms with Crippen molar-refractivity contribution in [2.24, 2.45) is 0 Å². The highest BCUT2D eigenvalue weighted by molar-refractivity contribution is 5.71. The van der Waals surface area contributed by atoms with E-state index in [-0.39, 0.29) is 11.5 Å². The molecular formula is C19H17FN6O. The van der Waals surface area contributed by atoms with Crippen molar-refractivity contribution < 1.29 is 8.91 Å². The van der Waals surface area contributed by atoms with Gasteiger partial charge in [0.05, 0.1) is 11.4 Å². The Morgan fingerprint density at radius 3 is 2.70 bits per heavy atom. The van der Waals surface area contributed by atoms with E-state index in [1.807, 2.05) is 32.2 Å². The van der Waals surface area contributed by atoms with Gasteiger partial charge in [0, 0.05) is 29.7 Å². The number of nitrogens with zero attached hydrogens (tertiary/aromatic N) is 6. The molecule has 136 valence electrons. The van der Waals surface area contributed by atoms with Crippen LogP contribution in [0.2, 0.25) is 0 Å². The van der Waals surface area contributed by atoms with Crippen molar-refractivity contribution in [2.75, 3.05) is 0 Å². The Morgan fingerprint density at radius 1 is 1.11 bits per heavy atom. The van der Waals surface area contributed by atoms with Crippen LogP contribution in [0.3, 0.4) is 0 Å². The van der Waals surface area contributed by atoms with Gasteiger partial charge in [-0.1, -0.05) is 5.16 Å². The van der Waals surface area contributed by atoms with Crippen molar-refractivity contribution in [3.05, 3.63) is 65.4 Å². The van der Waals surface area contributed by atoms with Gasteiger partial charge in [0.15, 0.2) is 5.82 Å². The highest BCUT2D eigenvalue weighted by Gasteiger charge is 2.17. The van der Waals surface area contributed by atoms with E-state index in [1.165, 1.54) is 0 Å². The normalized spacial score (nSPS) is 11.1. The molecule has 27 heavy (non-hydrogen) atoms. The zero-order chi connectivity index (χ0) is 19.0. The van der Waals surface area contributed by atoms with Gasteiger partial charge in [-0.05, 0) is 44.5 Å². The van der Waals surface area contributed by atoms with Gasteiger partial charge in [0.1, 0.15) is 12.2 Å². The standard InChI is InChI=1S/C19H17FN6O/c1-11-4-6-21-9-15(11)14-8-16(22-13(3)18(14)20)19-23-17(27-25-19)10-26-7-5-12(2)24-26/h4-9H,10H2,1-3H3. The molecule has 0 fully saturated rings. The molecule has 0 aromatic carbocycles. The quantitative estimate of drug-likeness (QED) is 0.551. The number of aromatic nitrogens is 6. The predicted octanol–water partition coefficient (Wildman–Crippen LogP) is 3.50. The van der Waals surface area contributed by atoms with E-state index in [0.29, 0.717) is 35.1 Å². The van der Waals surface area contributed by atoms with Crippen LogP contribution in [0.4, 0.5) is 4.39 Å². The number of rotatable bonds is 4. The van der Waals surface area contributed by atoms with Gasteiger partial charge in [-0.3, -0.25) is 9.67 Å². The van der Waals surface area contributed by atoms with Crippen molar-refractivity contribution in [2.45, 2.75) is 27.3 Å². The summed E-state index contributed by atoms with van der Waals surface area (Å²) in [4.78, 5) is 12.8. The van der Waals surface area contributed by atoms with Crippen molar-refractivity contribution in [1.29, 1.82) is 0 Å². The molecule has 0 radical (unpaired) electrons. The first-order chi connectivity index (χ1) is 13.0. The Kier molecular flexibility index (Phi) is 4.23. The Morgan fingerprint density at radius 2 is 1.96 bits per heavy atom. The summed E-state index contributed by atoms with van der Waals surface area (Å²) in [7, 11) is 0. The van der Waals surface area contributed by atoms with E-state index in [9.17, 15) is 4.39 Å². The fourth-order valence-electron chi connectivity index (χ4n) is 2.83. The largest absolute Gasteiger partial charge is 0.337 e. The van der Waals surface area contributed by atoms with Crippen LogP contribution in [0.15, 0.2) is 41.3 Å². The van der Waals surface area contributed by atoms with Gasteiger partial charge >= 0.3 is 0 Å². The molecular weight excluding hydrogens is 347 g/mol. The van der Waals surface area contributed by atoms with E-state index in [0.717, 1.165) is 11.3 Å². The summed E-state index contributed by atoms with van der Waals surface area (Å²) in [6.45, 7) is 5.78. The molecule has 4 aromatic heterocycles. The van der Waals surface area contributed by atoms with E-state index < -0.39 is 0 Å². The summed E-state index contributed by atoms with van der Waals surface area (Å²) in [5.74, 6) is 0.321. The van der Waals surface area contributed by atoms with Gasteiger partial charge in [0.2, 0.25) is 11.7 Å². The molecule has 8 heteroatoms. The molecule has 4 aromatic rings. The third-order valence-electron chi connectivity index (χ3n) is 4.22. The second-order valence-corrected chi connectivity index (χ2v) is 6.31.